The molecule has 1 aliphatic rings. The number of allylic oxidation sites excluding steroid dienone is 4. The molecule has 152 valence electrons. The lowest BCUT2D eigenvalue weighted by Crippen LogP contribution is -2.39. The Labute approximate surface area is 182 Å². The Balaban J connectivity index is 2.18. The molecule has 0 aliphatic heterocycles. The molecule has 0 heteroatoms. The minimum Gasteiger partial charge on any atom is -0.0643 e. The predicted octanol–water partition coefficient (Wildman–Crippen LogP) is 7.86. The summed E-state index contributed by atoms with van der Waals surface area (Å²) in [6.07, 6.45) is 2.39. The van der Waals surface area contributed by atoms with Crippen molar-refractivity contribution in [1.29, 1.82) is 0 Å². The van der Waals surface area contributed by atoms with Crippen LogP contribution in [0.25, 0.3) is 0 Å². The van der Waals surface area contributed by atoms with Gasteiger partial charge in [0.2, 0.25) is 0 Å². The lowest BCUT2D eigenvalue weighted by Gasteiger charge is -2.43. The van der Waals surface area contributed by atoms with Crippen molar-refractivity contribution in [3.63, 3.8) is 0 Å². The third-order valence-corrected chi connectivity index (χ3v) is 6.81. The molecular formula is C30H32. The summed E-state index contributed by atoms with van der Waals surface area (Å²) in [7, 11) is 0. The number of aryl methyl sites for hydroxylation is 3. The van der Waals surface area contributed by atoms with E-state index in [1.165, 1.54) is 50.1 Å². The van der Waals surface area contributed by atoms with E-state index in [1.54, 1.807) is 0 Å². The molecule has 0 radical (unpaired) electrons. The van der Waals surface area contributed by atoms with E-state index in [1.807, 2.05) is 0 Å². The molecule has 4 rings (SSSR count). The fraction of sp³-hybridized carbons (Fsp3) is 0.267. The van der Waals surface area contributed by atoms with Crippen molar-refractivity contribution in [2.24, 2.45) is 5.92 Å². The summed E-state index contributed by atoms with van der Waals surface area (Å²) in [4.78, 5) is 0. The first kappa shape index (κ1) is 20.4. The van der Waals surface area contributed by atoms with Crippen LogP contribution < -0.4 is 0 Å². The van der Waals surface area contributed by atoms with Gasteiger partial charge in [-0.3, -0.25) is 0 Å². The summed E-state index contributed by atoms with van der Waals surface area (Å²) >= 11 is 0. The highest BCUT2D eigenvalue weighted by atomic mass is 14.5. The van der Waals surface area contributed by atoms with E-state index in [0.29, 0.717) is 5.92 Å². The zero-order valence-electron chi connectivity index (χ0n) is 19.1. The molecule has 3 aromatic rings. The Morgan fingerprint density at radius 2 is 0.967 bits per heavy atom. The maximum atomic E-state index is 2.39. The fourth-order valence-corrected chi connectivity index (χ4v) is 5.45. The highest BCUT2D eigenvalue weighted by molar-refractivity contribution is 5.59. The summed E-state index contributed by atoms with van der Waals surface area (Å²) in [6.45, 7) is 13.5. The van der Waals surface area contributed by atoms with Gasteiger partial charge in [0.25, 0.3) is 0 Å². The van der Waals surface area contributed by atoms with Crippen molar-refractivity contribution in [3.8, 4) is 0 Å². The maximum Gasteiger partial charge on any atom is 0.0553 e. The Kier molecular flexibility index (Phi) is 5.28. The third kappa shape index (κ3) is 3.25. The molecule has 0 bridgehead atoms. The Morgan fingerprint density at radius 1 is 0.567 bits per heavy atom. The van der Waals surface area contributed by atoms with Gasteiger partial charge < -0.3 is 0 Å². The molecule has 30 heavy (non-hydrogen) atoms. The van der Waals surface area contributed by atoms with E-state index in [4.69, 9.17) is 0 Å². The van der Waals surface area contributed by atoms with Crippen molar-refractivity contribution in [1.82, 2.24) is 0 Å². The molecule has 0 amide bonds. The summed E-state index contributed by atoms with van der Waals surface area (Å²) in [5, 5.41) is 0. The molecule has 0 fully saturated rings. The second kappa shape index (κ2) is 7.76. The van der Waals surface area contributed by atoms with E-state index in [9.17, 15) is 0 Å². The average molecular weight is 393 g/mol. The molecule has 0 spiro atoms. The second-order valence-electron chi connectivity index (χ2n) is 9.10. The van der Waals surface area contributed by atoms with E-state index >= 15 is 0 Å². The van der Waals surface area contributed by atoms with Gasteiger partial charge in [0.1, 0.15) is 0 Å². The van der Waals surface area contributed by atoms with Gasteiger partial charge >= 0.3 is 0 Å². The van der Waals surface area contributed by atoms with Crippen LogP contribution in [0, 0.1) is 26.7 Å². The standard InChI is InChI=1S/C30H32/c1-20-10-7-13-26(16-20)30(27-14-8-11-21(2)17-27,28-15-9-12-22(3)18-28)29-24(5)19-23(4)25(29)6/h7-19,29H,1-6H3. The van der Waals surface area contributed by atoms with Crippen LogP contribution in [0.15, 0.2) is 95.6 Å². The monoisotopic (exact) mass is 392 g/mol. The first-order chi connectivity index (χ1) is 14.3. The van der Waals surface area contributed by atoms with Gasteiger partial charge in [-0.1, -0.05) is 112 Å². The molecule has 0 saturated carbocycles. The van der Waals surface area contributed by atoms with Crippen LogP contribution in [0.5, 0.6) is 0 Å². The molecule has 1 unspecified atom stereocenters. The first-order valence-electron chi connectivity index (χ1n) is 10.9. The van der Waals surface area contributed by atoms with Crippen molar-refractivity contribution in [3.05, 3.63) is 129 Å². The molecule has 3 aromatic carbocycles. The van der Waals surface area contributed by atoms with Crippen LogP contribution in [-0.4, -0.2) is 0 Å². The van der Waals surface area contributed by atoms with Crippen LogP contribution in [0.3, 0.4) is 0 Å². The molecule has 0 nitrogen and oxygen atoms in total. The van der Waals surface area contributed by atoms with E-state index in [2.05, 4.69) is 120 Å². The molecule has 1 atom stereocenters. The zero-order valence-corrected chi connectivity index (χ0v) is 19.1. The zero-order chi connectivity index (χ0) is 21.5. The molecular weight excluding hydrogens is 360 g/mol. The molecule has 0 N–H and O–H groups in total. The number of hydrogen-bond donors (Lipinski definition) is 0. The molecule has 1 aliphatic carbocycles. The maximum absolute atomic E-state index is 2.39. The van der Waals surface area contributed by atoms with Gasteiger partial charge in [0, 0.05) is 5.92 Å². The van der Waals surface area contributed by atoms with E-state index in [-0.39, 0.29) is 5.41 Å². The van der Waals surface area contributed by atoms with Crippen LogP contribution in [-0.2, 0) is 5.41 Å². The van der Waals surface area contributed by atoms with Crippen molar-refractivity contribution in [2.75, 3.05) is 0 Å². The SMILES string of the molecule is CC1=CC(C)=C(C)C1C(c1cccc(C)c1)(c1cccc(C)c1)c1cccc(C)c1. The topological polar surface area (TPSA) is 0 Å². The predicted molar refractivity (Wildman–Crippen MR) is 129 cm³/mol. The normalized spacial score (nSPS) is 16.7. The van der Waals surface area contributed by atoms with Gasteiger partial charge in [-0.2, -0.15) is 0 Å². The third-order valence-electron chi connectivity index (χ3n) is 6.81. The second-order valence-corrected chi connectivity index (χ2v) is 9.10. The van der Waals surface area contributed by atoms with Gasteiger partial charge in [0.05, 0.1) is 5.41 Å². The first-order valence-corrected chi connectivity index (χ1v) is 10.9. The smallest absolute Gasteiger partial charge is 0.0553 e. The summed E-state index contributed by atoms with van der Waals surface area (Å²) in [5.41, 5.74) is 12.0. The Hall–Kier alpha value is -2.86. The van der Waals surface area contributed by atoms with Crippen molar-refractivity contribution >= 4 is 0 Å². The minimum absolute atomic E-state index is 0.271. The summed E-state index contributed by atoms with van der Waals surface area (Å²) < 4.78 is 0. The largest absolute Gasteiger partial charge is 0.0643 e. The van der Waals surface area contributed by atoms with E-state index in [0.717, 1.165) is 0 Å². The molecule has 0 aromatic heterocycles. The van der Waals surface area contributed by atoms with Crippen molar-refractivity contribution < 1.29 is 0 Å². The lowest BCUT2D eigenvalue weighted by molar-refractivity contribution is 0.485. The Morgan fingerprint density at radius 3 is 1.27 bits per heavy atom. The average Bonchev–Trinajstić information content (AvgIpc) is 2.96. The fourth-order valence-electron chi connectivity index (χ4n) is 5.45. The minimum atomic E-state index is -0.271. The highest BCUT2D eigenvalue weighted by Crippen LogP contribution is 2.53. The molecule has 0 heterocycles. The summed E-state index contributed by atoms with van der Waals surface area (Å²) in [5.74, 6) is 0.294. The van der Waals surface area contributed by atoms with Gasteiger partial charge in [-0.05, 0) is 58.2 Å². The van der Waals surface area contributed by atoms with Gasteiger partial charge in [-0.25, -0.2) is 0 Å². The summed E-state index contributed by atoms with van der Waals surface area (Å²) in [6, 6.07) is 27.4. The van der Waals surface area contributed by atoms with Crippen molar-refractivity contribution in [2.45, 2.75) is 47.0 Å². The van der Waals surface area contributed by atoms with Crippen LogP contribution >= 0.6 is 0 Å². The number of benzene rings is 3. The molecule has 0 saturated heterocycles. The number of hydrogen-bond acceptors (Lipinski definition) is 0. The number of rotatable bonds is 4. The van der Waals surface area contributed by atoms with Crippen LogP contribution in [0.1, 0.15) is 54.2 Å². The van der Waals surface area contributed by atoms with Crippen LogP contribution in [0.4, 0.5) is 0 Å². The van der Waals surface area contributed by atoms with Gasteiger partial charge in [0.15, 0.2) is 0 Å². The Bertz CT molecular complexity index is 1040. The van der Waals surface area contributed by atoms with E-state index < -0.39 is 0 Å². The van der Waals surface area contributed by atoms with Crippen LogP contribution in [0.2, 0.25) is 0 Å². The van der Waals surface area contributed by atoms with Gasteiger partial charge in [-0.15, -0.1) is 0 Å². The quantitative estimate of drug-likeness (QED) is 0.396. The highest BCUT2D eigenvalue weighted by Gasteiger charge is 2.47. The lowest BCUT2D eigenvalue weighted by atomic mass is 9.58.